The van der Waals surface area contributed by atoms with Gasteiger partial charge in [-0.2, -0.15) is 4.57 Å². The second-order valence-corrected chi connectivity index (χ2v) is 6.25. The average molecular weight is 376 g/mol. The molecule has 3 aromatic rings. The molecule has 0 spiro atoms. The fourth-order valence-electron chi connectivity index (χ4n) is 2.74. The van der Waals surface area contributed by atoms with E-state index in [4.69, 9.17) is 4.74 Å². The van der Waals surface area contributed by atoms with Crippen molar-refractivity contribution in [1.82, 2.24) is 0 Å². The van der Waals surface area contributed by atoms with Gasteiger partial charge in [0.05, 0.1) is 12.8 Å². The van der Waals surface area contributed by atoms with Gasteiger partial charge in [0.1, 0.15) is 5.75 Å². The number of aryl methyl sites for hydroxylation is 1. The summed E-state index contributed by atoms with van der Waals surface area (Å²) in [6, 6.07) is 19.7. The average Bonchev–Trinajstić information content (AvgIpc) is 2.70. The second-order valence-electron chi connectivity index (χ2n) is 6.25. The molecule has 0 atom stereocenters. The van der Waals surface area contributed by atoms with Gasteiger partial charge >= 0.3 is 0 Å². The molecule has 0 saturated heterocycles. The minimum Gasteiger partial charge on any atom is -0.495 e. The van der Waals surface area contributed by atoms with Gasteiger partial charge in [-0.15, -0.1) is 0 Å². The molecular formula is C22H22N3O3+. The predicted molar refractivity (Wildman–Crippen MR) is 107 cm³/mol. The summed E-state index contributed by atoms with van der Waals surface area (Å²) in [6.07, 6.45) is 1.86. The summed E-state index contributed by atoms with van der Waals surface area (Å²) in [6.45, 7) is 2.17. The molecule has 1 aromatic heterocycles. The number of hydrogen-bond donors (Lipinski definition) is 2. The summed E-state index contributed by atoms with van der Waals surface area (Å²) >= 11 is 0. The third-order valence-corrected chi connectivity index (χ3v) is 4.27. The number of nitrogens with one attached hydrogen (secondary N) is 2. The molecule has 0 aliphatic heterocycles. The maximum Gasteiger partial charge on any atom is 0.290 e. The Morgan fingerprint density at radius 3 is 2.36 bits per heavy atom. The van der Waals surface area contributed by atoms with Crippen molar-refractivity contribution in [2.24, 2.45) is 0 Å². The Balaban J connectivity index is 1.62. The number of anilines is 2. The number of hydrogen-bond acceptors (Lipinski definition) is 3. The van der Waals surface area contributed by atoms with Crippen LogP contribution in [0.2, 0.25) is 0 Å². The van der Waals surface area contributed by atoms with E-state index in [0.717, 1.165) is 5.69 Å². The summed E-state index contributed by atoms with van der Waals surface area (Å²) in [5.41, 5.74) is 2.72. The van der Waals surface area contributed by atoms with E-state index in [-0.39, 0.29) is 18.4 Å². The molecule has 0 aliphatic rings. The largest absolute Gasteiger partial charge is 0.495 e. The van der Waals surface area contributed by atoms with E-state index < -0.39 is 0 Å². The van der Waals surface area contributed by atoms with Gasteiger partial charge in [0, 0.05) is 30.3 Å². The molecule has 0 unspecified atom stereocenters. The third kappa shape index (κ3) is 4.73. The van der Waals surface area contributed by atoms with Crippen LogP contribution in [0.15, 0.2) is 72.9 Å². The minimum atomic E-state index is -0.252. The monoisotopic (exact) mass is 376 g/mol. The fraction of sp³-hybridized carbons (Fsp3) is 0.136. The molecular weight excluding hydrogens is 354 g/mol. The van der Waals surface area contributed by atoms with Crippen molar-refractivity contribution in [2.45, 2.75) is 13.5 Å². The minimum absolute atomic E-state index is 0.134. The number of amides is 2. The number of pyridine rings is 1. The summed E-state index contributed by atoms with van der Waals surface area (Å²) in [5.74, 6) is 0.205. The number of benzene rings is 2. The Labute approximate surface area is 163 Å². The standard InChI is InChI=1S/C22H21N3O3/c1-16-7-5-6-14-25(16)15-21(26)23-18-12-10-17(11-13-18)22(27)24-19-8-3-4-9-20(19)28-2/h3-14H,15H2,1-2H3,(H-,23,24,26,27)/p+1. The zero-order valence-corrected chi connectivity index (χ0v) is 15.8. The Kier molecular flexibility index (Phi) is 6.01. The van der Waals surface area contributed by atoms with Crippen LogP contribution in [0.4, 0.5) is 11.4 Å². The highest BCUT2D eigenvalue weighted by Crippen LogP contribution is 2.23. The van der Waals surface area contributed by atoms with E-state index in [1.54, 1.807) is 43.5 Å². The zero-order valence-electron chi connectivity index (χ0n) is 15.8. The summed E-state index contributed by atoms with van der Waals surface area (Å²) in [7, 11) is 1.55. The van der Waals surface area contributed by atoms with Crippen molar-refractivity contribution in [2.75, 3.05) is 17.7 Å². The highest BCUT2D eigenvalue weighted by atomic mass is 16.5. The number of methoxy groups -OCH3 is 1. The topological polar surface area (TPSA) is 71.3 Å². The number of nitrogens with zero attached hydrogens (tertiary/aromatic N) is 1. The van der Waals surface area contributed by atoms with Crippen LogP contribution in [0.5, 0.6) is 5.75 Å². The zero-order chi connectivity index (χ0) is 19.9. The van der Waals surface area contributed by atoms with Crippen molar-refractivity contribution in [3.63, 3.8) is 0 Å². The molecule has 28 heavy (non-hydrogen) atoms. The molecule has 2 N–H and O–H groups in total. The SMILES string of the molecule is COc1ccccc1NC(=O)c1ccc(NC(=O)C[n+]2ccccc2C)cc1. The van der Waals surface area contributed by atoms with Crippen LogP contribution in [0, 0.1) is 6.92 Å². The molecule has 0 bridgehead atoms. The van der Waals surface area contributed by atoms with Crippen molar-refractivity contribution in [3.8, 4) is 5.75 Å². The number of carbonyl (C=O) groups is 2. The number of aromatic nitrogens is 1. The van der Waals surface area contributed by atoms with Crippen LogP contribution in [0.25, 0.3) is 0 Å². The molecule has 142 valence electrons. The maximum absolute atomic E-state index is 12.4. The Morgan fingerprint density at radius 1 is 0.929 bits per heavy atom. The van der Waals surface area contributed by atoms with Gasteiger partial charge in [-0.3, -0.25) is 9.59 Å². The summed E-state index contributed by atoms with van der Waals surface area (Å²) in [4.78, 5) is 24.7. The Hall–Kier alpha value is -3.67. The number of ether oxygens (including phenoxy) is 1. The molecule has 1 heterocycles. The maximum atomic E-state index is 12.4. The lowest BCUT2D eigenvalue weighted by Crippen LogP contribution is -2.42. The van der Waals surface area contributed by atoms with Crippen molar-refractivity contribution < 1.29 is 18.9 Å². The fourth-order valence-corrected chi connectivity index (χ4v) is 2.74. The molecule has 3 rings (SSSR count). The highest BCUT2D eigenvalue weighted by Gasteiger charge is 2.13. The van der Waals surface area contributed by atoms with Gasteiger partial charge in [-0.1, -0.05) is 18.2 Å². The van der Waals surface area contributed by atoms with E-state index in [1.165, 1.54) is 0 Å². The van der Waals surface area contributed by atoms with Gasteiger partial charge in [0.15, 0.2) is 11.9 Å². The van der Waals surface area contributed by atoms with Crippen LogP contribution < -0.4 is 19.9 Å². The van der Waals surface area contributed by atoms with Crippen LogP contribution >= 0.6 is 0 Å². The summed E-state index contributed by atoms with van der Waals surface area (Å²) in [5, 5.41) is 5.66. The first kappa shape index (κ1) is 19.1. The first-order valence-corrected chi connectivity index (χ1v) is 8.86. The number of carbonyl (C=O) groups excluding carboxylic acids is 2. The lowest BCUT2D eigenvalue weighted by atomic mass is 10.2. The molecule has 2 aromatic carbocycles. The molecule has 6 heteroatoms. The van der Waals surface area contributed by atoms with Gasteiger partial charge < -0.3 is 15.4 Å². The molecule has 0 aliphatic carbocycles. The number of para-hydroxylation sites is 2. The van der Waals surface area contributed by atoms with Gasteiger partial charge in [0.25, 0.3) is 11.8 Å². The third-order valence-electron chi connectivity index (χ3n) is 4.27. The van der Waals surface area contributed by atoms with Crippen LogP contribution in [-0.2, 0) is 11.3 Å². The predicted octanol–water partition coefficient (Wildman–Crippen LogP) is 3.18. The first-order valence-electron chi connectivity index (χ1n) is 8.86. The van der Waals surface area contributed by atoms with Crippen LogP contribution in [0.3, 0.4) is 0 Å². The second kappa shape index (κ2) is 8.81. The van der Waals surface area contributed by atoms with Crippen molar-refractivity contribution in [3.05, 3.63) is 84.2 Å². The number of rotatable bonds is 6. The normalized spacial score (nSPS) is 10.2. The summed E-state index contributed by atoms with van der Waals surface area (Å²) < 4.78 is 7.10. The molecule has 0 fully saturated rings. The molecule has 6 nitrogen and oxygen atoms in total. The quantitative estimate of drug-likeness (QED) is 0.649. The molecule has 0 saturated carbocycles. The van der Waals surface area contributed by atoms with Crippen LogP contribution in [-0.4, -0.2) is 18.9 Å². The van der Waals surface area contributed by atoms with E-state index >= 15 is 0 Å². The van der Waals surface area contributed by atoms with Gasteiger partial charge in [0.2, 0.25) is 6.54 Å². The van der Waals surface area contributed by atoms with Crippen molar-refractivity contribution >= 4 is 23.2 Å². The first-order chi connectivity index (χ1) is 13.6. The smallest absolute Gasteiger partial charge is 0.290 e. The Bertz CT molecular complexity index is 984. The van der Waals surface area contributed by atoms with E-state index in [2.05, 4.69) is 10.6 Å². The van der Waals surface area contributed by atoms with E-state index in [0.29, 0.717) is 22.7 Å². The Morgan fingerprint density at radius 2 is 1.64 bits per heavy atom. The van der Waals surface area contributed by atoms with Gasteiger partial charge in [-0.25, -0.2) is 0 Å². The lowest BCUT2D eigenvalue weighted by molar-refractivity contribution is -0.690. The molecule has 0 radical (unpaired) electrons. The van der Waals surface area contributed by atoms with Gasteiger partial charge in [-0.05, 0) is 36.4 Å². The lowest BCUT2D eigenvalue weighted by Gasteiger charge is -2.10. The van der Waals surface area contributed by atoms with E-state index in [9.17, 15) is 9.59 Å². The molecule has 2 amide bonds. The van der Waals surface area contributed by atoms with Crippen molar-refractivity contribution in [1.29, 1.82) is 0 Å². The van der Waals surface area contributed by atoms with E-state index in [1.807, 2.05) is 48.0 Å². The highest BCUT2D eigenvalue weighted by molar-refractivity contribution is 6.05. The van der Waals surface area contributed by atoms with Crippen LogP contribution in [0.1, 0.15) is 16.1 Å².